The van der Waals surface area contributed by atoms with Crippen LogP contribution in [0.15, 0.2) is 0 Å². The SMILES string of the molecule is O=C(O)C[C@@H]1CN(C(=O)[C@H]2CCCCO2)CCO1. The van der Waals surface area contributed by atoms with Gasteiger partial charge in [-0.2, -0.15) is 0 Å². The lowest BCUT2D eigenvalue weighted by Gasteiger charge is -2.35. The number of aliphatic carboxylic acids is 1. The maximum atomic E-state index is 12.2. The smallest absolute Gasteiger partial charge is 0.306 e. The van der Waals surface area contributed by atoms with Crippen molar-refractivity contribution < 1.29 is 24.2 Å². The zero-order valence-corrected chi connectivity index (χ0v) is 10.3. The van der Waals surface area contributed by atoms with Gasteiger partial charge in [-0.1, -0.05) is 0 Å². The molecule has 1 N–H and O–H groups in total. The van der Waals surface area contributed by atoms with Crippen molar-refractivity contribution in [3.63, 3.8) is 0 Å². The van der Waals surface area contributed by atoms with E-state index < -0.39 is 12.1 Å². The van der Waals surface area contributed by atoms with Gasteiger partial charge in [0, 0.05) is 19.7 Å². The van der Waals surface area contributed by atoms with Gasteiger partial charge < -0.3 is 19.5 Å². The first-order chi connectivity index (χ1) is 8.66. The van der Waals surface area contributed by atoms with Crippen LogP contribution in [0, 0.1) is 0 Å². The minimum absolute atomic E-state index is 0.0200. The normalized spacial score (nSPS) is 29.0. The summed E-state index contributed by atoms with van der Waals surface area (Å²) in [6, 6.07) is 0. The second kappa shape index (κ2) is 6.15. The Morgan fingerprint density at radius 3 is 2.72 bits per heavy atom. The maximum Gasteiger partial charge on any atom is 0.306 e. The van der Waals surface area contributed by atoms with Gasteiger partial charge in [-0.15, -0.1) is 0 Å². The second-order valence-electron chi connectivity index (χ2n) is 4.73. The average Bonchev–Trinajstić information content (AvgIpc) is 2.38. The standard InChI is InChI=1S/C12H19NO5/c14-11(15)7-9-8-13(4-6-17-9)12(16)10-3-1-2-5-18-10/h9-10H,1-8H2,(H,14,15)/t9-,10-/m1/s1. The Kier molecular flexibility index (Phi) is 4.54. The van der Waals surface area contributed by atoms with E-state index in [4.69, 9.17) is 14.6 Å². The van der Waals surface area contributed by atoms with E-state index in [1.165, 1.54) is 0 Å². The molecule has 2 atom stereocenters. The molecule has 2 fully saturated rings. The van der Waals surface area contributed by atoms with Crippen molar-refractivity contribution in [3.05, 3.63) is 0 Å². The van der Waals surface area contributed by atoms with Gasteiger partial charge in [0.2, 0.25) is 0 Å². The highest BCUT2D eigenvalue weighted by atomic mass is 16.5. The third-order valence-corrected chi connectivity index (χ3v) is 3.31. The first-order valence-corrected chi connectivity index (χ1v) is 6.40. The summed E-state index contributed by atoms with van der Waals surface area (Å²) in [5.74, 6) is -0.920. The fourth-order valence-corrected chi connectivity index (χ4v) is 2.38. The Labute approximate surface area is 106 Å². The van der Waals surface area contributed by atoms with Gasteiger partial charge in [-0.25, -0.2) is 0 Å². The lowest BCUT2D eigenvalue weighted by Crippen LogP contribution is -2.50. The Hall–Kier alpha value is -1.14. The topological polar surface area (TPSA) is 76.1 Å². The molecule has 1 amide bonds. The number of carboxylic acid groups (broad SMARTS) is 1. The quantitative estimate of drug-likeness (QED) is 0.784. The number of hydrogen-bond acceptors (Lipinski definition) is 4. The molecule has 0 aromatic heterocycles. The molecular formula is C12H19NO5. The van der Waals surface area contributed by atoms with Crippen LogP contribution < -0.4 is 0 Å². The van der Waals surface area contributed by atoms with E-state index in [0.717, 1.165) is 19.3 Å². The molecule has 18 heavy (non-hydrogen) atoms. The minimum Gasteiger partial charge on any atom is -0.481 e. The van der Waals surface area contributed by atoms with Crippen LogP contribution in [0.3, 0.4) is 0 Å². The highest BCUT2D eigenvalue weighted by Gasteiger charge is 2.31. The summed E-state index contributed by atoms with van der Waals surface area (Å²) in [7, 11) is 0. The number of ether oxygens (including phenoxy) is 2. The molecule has 0 unspecified atom stereocenters. The van der Waals surface area contributed by atoms with Crippen LogP contribution in [-0.2, 0) is 19.1 Å². The second-order valence-corrected chi connectivity index (χ2v) is 4.73. The monoisotopic (exact) mass is 257 g/mol. The van der Waals surface area contributed by atoms with Crippen LogP contribution >= 0.6 is 0 Å². The Morgan fingerprint density at radius 2 is 2.06 bits per heavy atom. The molecule has 0 bridgehead atoms. The fraction of sp³-hybridized carbons (Fsp3) is 0.833. The van der Waals surface area contributed by atoms with Crippen molar-refractivity contribution in [2.24, 2.45) is 0 Å². The summed E-state index contributed by atoms with van der Waals surface area (Å²) in [4.78, 5) is 24.5. The highest BCUT2D eigenvalue weighted by molar-refractivity contribution is 5.81. The molecule has 0 aromatic rings. The predicted octanol–water partition coefficient (Wildman–Crippen LogP) is 0.258. The Bertz CT molecular complexity index is 314. The molecule has 2 heterocycles. The van der Waals surface area contributed by atoms with Crippen LogP contribution in [0.1, 0.15) is 25.7 Å². The van der Waals surface area contributed by atoms with Crippen molar-refractivity contribution in [1.29, 1.82) is 0 Å². The van der Waals surface area contributed by atoms with Crippen LogP contribution in [0.2, 0.25) is 0 Å². The van der Waals surface area contributed by atoms with E-state index in [-0.39, 0.29) is 18.4 Å². The van der Waals surface area contributed by atoms with E-state index in [1.54, 1.807) is 4.90 Å². The lowest BCUT2D eigenvalue weighted by molar-refractivity contribution is -0.157. The Balaban J connectivity index is 1.87. The van der Waals surface area contributed by atoms with Crippen molar-refractivity contribution in [2.45, 2.75) is 37.9 Å². The summed E-state index contributed by atoms with van der Waals surface area (Å²) in [5.41, 5.74) is 0. The lowest BCUT2D eigenvalue weighted by atomic mass is 10.1. The molecular weight excluding hydrogens is 238 g/mol. The zero-order chi connectivity index (χ0) is 13.0. The molecule has 0 spiro atoms. The molecule has 0 aromatic carbocycles. The van der Waals surface area contributed by atoms with Gasteiger partial charge in [-0.05, 0) is 19.3 Å². The van der Waals surface area contributed by atoms with Gasteiger partial charge in [0.1, 0.15) is 6.10 Å². The van der Waals surface area contributed by atoms with Crippen molar-refractivity contribution in [1.82, 2.24) is 4.90 Å². The van der Waals surface area contributed by atoms with Crippen molar-refractivity contribution in [3.8, 4) is 0 Å². The molecule has 6 nitrogen and oxygen atoms in total. The largest absolute Gasteiger partial charge is 0.481 e. The van der Waals surface area contributed by atoms with Crippen LogP contribution in [0.5, 0.6) is 0 Å². The summed E-state index contributed by atoms with van der Waals surface area (Å²) in [6.45, 7) is 1.91. The number of rotatable bonds is 3. The molecule has 0 aliphatic carbocycles. The molecule has 0 saturated carbocycles. The van der Waals surface area contributed by atoms with Gasteiger partial charge in [-0.3, -0.25) is 9.59 Å². The number of hydrogen-bond donors (Lipinski definition) is 1. The van der Waals surface area contributed by atoms with Gasteiger partial charge in [0.25, 0.3) is 5.91 Å². The van der Waals surface area contributed by atoms with E-state index in [1.807, 2.05) is 0 Å². The van der Waals surface area contributed by atoms with Crippen molar-refractivity contribution >= 4 is 11.9 Å². The first kappa shape index (κ1) is 13.3. The molecule has 102 valence electrons. The number of carbonyl (C=O) groups excluding carboxylic acids is 1. The number of morpholine rings is 1. The zero-order valence-electron chi connectivity index (χ0n) is 10.3. The van der Waals surface area contributed by atoms with E-state index >= 15 is 0 Å². The molecule has 2 aliphatic heterocycles. The summed E-state index contributed by atoms with van der Waals surface area (Å²) in [5, 5.41) is 8.73. The minimum atomic E-state index is -0.900. The number of carbonyl (C=O) groups is 2. The predicted molar refractivity (Wildman–Crippen MR) is 62.2 cm³/mol. The van der Waals surface area contributed by atoms with Crippen LogP contribution in [0.4, 0.5) is 0 Å². The van der Waals surface area contributed by atoms with E-state index in [9.17, 15) is 9.59 Å². The van der Waals surface area contributed by atoms with Crippen LogP contribution in [-0.4, -0.2) is 60.4 Å². The van der Waals surface area contributed by atoms with Gasteiger partial charge >= 0.3 is 5.97 Å². The molecule has 2 aliphatic rings. The number of carboxylic acids is 1. The van der Waals surface area contributed by atoms with Gasteiger partial charge in [0.05, 0.1) is 19.1 Å². The molecule has 6 heteroatoms. The average molecular weight is 257 g/mol. The highest BCUT2D eigenvalue weighted by Crippen LogP contribution is 2.17. The maximum absolute atomic E-state index is 12.2. The summed E-state index contributed by atoms with van der Waals surface area (Å²) in [6.07, 6.45) is 1.98. The molecule has 2 saturated heterocycles. The molecule has 0 radical (unpaired) electrons. The number of amides is 1. The third kappa shape index (κ3) is 3.43. The summed E-state index contributed by atoms with van der Waals surface area (Å²) < 4.78 is 10.8. The summed E-state index contributed by atoms with van der Waals surface area (Å²) >= 11 is 0. The van der Waals surface area contributed by atoms with E-state index in [2.05, 4.69) is 0 Å². The van der Waals surface area contributed by atoms with Crippen molar-refractivity contribution in [2.75, 3.05) is 26.3 Å². The first-order valence-electron chi connectivity index (χ1n) is 6.40. The number of nitrogens with zero attached hydrogens (tertiary/aromatic N) is 1. The third-order valence-electron chi connectivity index (χ3n) is 3.31. The fourth-order valence-electron chi connectivity index (χ4n) is 2.38. The molecule has 2 rings (SSSR count). The van der Waals surface area contributed by atoms with Crippen LogP contribution in [0.25, 0.3) is 0 Å². The van der Waals surface area contributed by atoms with Gasteiger partial charge in [0.15, 0.2) is 0 Å². The Morgan fingerprint density at radius 1 is 1.22 bits per heavy atom. The van der Waals surface area contributed by atoms with E-state index in [0.29, 0.717) is 26.3 Å².